The van der Waals surface area contributed by atoms with Crippen LogP contribution in [0.25, 0.3) is 0 Å². The summed E-state index contributed by atoms with van der Waals surface area (Å²) in [5.74, 6) is 0. The highest BCUT2D eigenvalue weighted by molar-refractivity contribution is 7.91. The van der Waals surface area contributed by atoms with Crippen LogP contribution in [0.2, 0.25) is 0 Å². The first-order valence-electron chi connectivity index (χ1n) is 7.77. The van der Waals surface area contributed by atoms with Crippen LogP contribution in [-0.4, -0.2) is 21.0 Å². The second-order valence-corrected chi connectivity index (χ2v) is 9.68. The fourth-order valence-electron chi connectivity index (χ4n) is 2.88. The highest BCUT2D eigenvalue weighted by Gasteiger charge is 2.30. The summed E-state index contributed by atoms with van der Waals surface area (Å²) in [4.78, 5) is 0. The normalized spacial score (nSPS) is 21.8. The molecular weight excluding hydrogens is 304 g/mol. The number of thiophene rings is 1. The van der Waals surface area contributed by atoms with Crippen molar-refractivity contribution < 1.29 is 8.42 Å². The molecule has 2 fully saturated rings. The van der Waals surface area contributed by atoms with Crippen molar-refractivity contribution in [1.29, 1.82) is 0 Å². The Hall–Kier alpha value is -0.430. The molecular formula is C15H24N2O2S2. The largest absolute Gasteiger partial charge is 0.310 e. The van der Waals surface area contributed by atoms with Crippen molar-refractivity contribution in [1.82, 2.24) is 10.0 Å². The molecule has 0 unspecified atom stereocenters. The van der Waals surface area contributed by atoms with Gasteiger partial charge in [-0.1, -0.05) is 19.8 Å². The van der Waals surface area contributed by atoms with Gasteiger partial charge in [0, 0.05) is 19.1 Å². The maximum absolute atomic E-state index is 12.4. The Morgan fingerprint density at radius 1 is 1.33 bits per heavy atom. The molecule has 1 aromatic rings. The molecule has 3 rings (SSSR count). The van der Waals surface area contributed by atoms with Gasteiger partial charge in [0.05, 0.1) is 0 Å². The lowest BCUT2D eigenvalue weighted by Crippen LogP contribution is -2.33. The van der Waals surface area contributed by atoms with Crippen molar-refractivity contribution in [3.8, 4) is 0 Å². The van der Waals surface area contributed by atoms with Crippen molar-refractivity contribution >= 4 is 21.4 Å². The van der Waals surface area contributed by atoms with E-state index < -0.39 is 10.0 Å². The molecule has 0 bridgehead atoms. The summed E-state index contributed by atoms with van der Waals surface area (Å²) in [6, 6.07) is 2.45. The molecule has 1 heterocycles. The molecule has 0 atom stereocenters. The van der Waals surface area contributed by atoms with E-state index in [1.807, 2.05) is 5.38 Å². The van der Waals surface area contributed by atoms with Gasteiger partial charge in [0.1, 0.15) is 4.21 Å². The van der Waals surface area contributed by atoms with E-state index in [-0.39, 0.29) is 5.41 Å². The molecule has 2 aliphatic carbocycles. The molecule has 0 saturated heterocycles. The third-order valence-electron chi connectivity index (χ3n) is 4.57. The Kier molecular flexibility index (Phi) is 4.41. The molecule has 0 spiro atoms. The summed E-state index contributed by atoms with van der Waals surface area (Å²) < 4.78 is 28.0. The van der Waals surface area contributed by atoms with E-state index in [1.54, 1.807) is 6.07 Å². The van der Waals surface area contributed by atoms with Gasteiger partial charge in [0.15, 0.2) is 0 Å². The van der Waals surface area contributed by atoms with Gasteiger partial charge >= 0.3 is 0 Å². The van der Waals surface area contributed by atoms with Gasteiger partial charge in [0.2, 0.25) is 10.0 Å². The average molecular weight is 329 g/mol. The first-order chi connectivity index (χ1) is 9.97. The van der Waals surface area contributed by atoms with Gasteiger partial charge in [0.25, 0.3) is 0 Å². The van der Waals surface area contributed by atoms with Crippen LogP contribution in [0.5, 0.6) is 0 Å². The molecule has 0 aromatic carbocycles. The maximum atomic E-state index is 12.4. The summed E-state index contributed by atoms with van der Waals surface area (Å²) in [6.07, 6.45) is 7.17. The average Bonchev–Trinajstić information content (AvgIpc) is 2.97. The minimum Gasteiger partial charge on any atom is -0.310 e. The lowest BCUT2D eigenvalue weighted by atomic mass is 9.89. The van der Waals surface area contributed by atoms with Gasteiger partial charge in [-0.3, -0.25) is 0 Å². The van der Waals surface area contributed by atoms with E-state index in [0.717, 1.165) is 24.9 Å². The predicted octanol–water partition coefficient (Wildman–Crippen LogP) is 2.86. The first-order valence-corrected chi connectivity index (χ1v) is 10.1. The third-order valence-corrected chi connectivity index (χ3v) is 7.46. The smallest absolute Gasteiger partial charge is 0.250 e. The fourth-order valence-corrected chi connectivity index (χ4v) is 5.34. The molecule has 2 saturated carbocycles. The zero-order valence-electron chi connectivity index (χ0n) is 12.5. The first kappa shape index (κ1) is 15.5. The van der Waals surface area contributed by atoms with E-state index in [1.165, 1.54) is 37.0 Å². The highest BCUT2D eigenvalue weighted by atomic mass is 32.2. The van der Waals surface area contributed by atoms with Crippen LogP contribution in [0.15, 0.2) is 15.7 Å². The molecule has 1 aromatic heterocycles. The van der Waals surface area contributed by atoms with Crippen molar-refractivity contribution in [2.45, 2.75) is 62.2 Å². The van der Waals surface area contributed by atoms with Crippen molar-refractivity contribution in [2.75, 3.05) is 6.54 Å². The number of rotatable bonds is 7. The predicted molar refractivity (Wildman–Crippen MR) is 85.9 cm³/mol. The highest BCUT2D eigenvalue weighted by Crippen LogP contribution is 2.37. The van der Waals surface area contributed by atoms with Crippen LogP contribution in [-0.2, 0) is 16.6 Å². The SMILES string of the molecule is CC1(CNS(=O)(=O)c2cc(CNC3CC3)cs2)CCCC1. The second-order valence-electron chi connectivity index (χ2n) is 6.77. The van der Waals surface area contributed by atoms with E-state index in [0.29, 0.717) is 16.8 Å². The number of hydrogen-bond acceptors (Lipinski definition) is 4. The summed E-state index contributed by atoms with van der Waals surface area (Å²) in [7, 11) is -3.35. The Bertz CT molecular complexity index is 585. The molecule has 0 aliphatic heterocycles. The molecule has 21 heavy (non-hydrogen) atoms. The zero-order chi connectivity index (χ0) is 14.9. The van der Waals surface area contributed by atoms with E-state index in [9.17, 15) is 8.42 Å². The molecule has 2 aliphatic rings. The van der Waals surface area contributed by atoms with E-state index in [4.69, 9.17) is 0 Å². The lowest BCUT2D eigenvalue weighted by Gasteiger charge is -2.23. The summed E-state index contributed by atoms with van der Waals surface area (Å²) >= 11 is 1.32. The topological polar surface area (TPSA) is 58.2 Å². The van der Waals surface area contributed by atoms with Crippen molar-refractivity contribution in [2.24, 2.45) is 5.41 Å². The zero-order valence-corrected chi connectivity index (χ0v) is 14.2. The van der Waals surface area contributed by atoms with Crippen molar-refractivity contribution in [3.63, 3.8) is 0 Å². The lowest BCUT2D eigenvalue weighted by molar-refractivity contribution is 0.336. The van der Waals surface area contributed by atoms with Crippen LogP contribution in [0, 0.1) is 5.41 Å². The minimum atomic E-state index is -3.35. The summed E-state index contributed by atoms with van der Waals surface area (Å²) in [5.41, 5.74) is 1.21. The van der Waals surface area contributed by atoms with Crippen LogP contribution in [0.4, 0.5) is 0 Å². The maximum Gasteiger partial charge on any atom is 0.250 e. The number of hydrogen-bond donors (Lipinski definition) is 2. The van der Waals surface area contributed by atoms with Crippen LogP contribution in [0.3, 0.4) is 0 Å². The molecule has 2 N–H and O–H groups in total. The Labute approximate surface area is 131 Å². The molecule has 6 heteroatoms. The Morgan fingerprint density at radius 3 is 2.71 bits per heavy atom. The fraction of sp³-hybridized carbons (Fsp3) is 0.733. The van der Waals surface area contributed by atoms with Crippen LogP contribution < -0.4 is 10.0 Å². The monoisotopic (exact) mass is 328 g/mol. The molecule has 118 valence electrons. The third kappa shape index (κ3) is 4.06. The van der Waals surface area contributed by atoms with Crippen LogP contribution in [0.1, 0.15) is 51.0 Å². The quantitative estimate of drug-likeness (QED) is 0.809. The van der Waals surface area contributed by atoms with E-state index in [2.05, 4.69) is 17.0 Å². The molecule has 4 nitrogen and oxygen atoms in total. The van der Waals surface area contributed by atoms with Gasteiger partial charge in [-0.2, -0.15) is 0 Å². The Morgan fingerprint density at radius 2 is 2.05 bits per heavy atom. The molecule has 0 amide bonds. The van der Waals surface area contributed by atoms with Gasteiger partial charge in [-0.25, -0.2) is 13.1 Å². The van der Waals surface area contributed by atoms with Crippen molar-refractivity contribution in [3.05, 3.63) is 17.0 Å². The molecule has 0 radical (unpaired) electrons. The van der Waals surface area contributed by atoms with Gasteiger partial charge < -0.3 is 5.32 Å². The minimum absolute atomic E-state index is 0.140. The van der Waals surface area contributed by atoms with Crippen LogP contribution >= 0.6 is 11.3 Å². The number of sulfonamides is 1. The van der Waals surface area contributed by atoms with E-state index >= 15 is 0 Å². The van der Waals surface area contributed by atoms with Gasteiger partial charge in [-0.15, -0.1) is 11.3 Å². The number of nitrogens with one attached hydrogen (secondary N) is 2. The standard InChI is InChI=1S/C15H24N2O2S2/c1-15(6-2-3-7-15)11-17-21(18,19)14-8-12(10-20-14)9-16-13-4-5-13/h8,10,13,16-17H,2-7,9,11H2,1H3. The van der Waals surface area contributed by atoms with Gasteiger partial charge in [-0.05, 0) is 48.1 Å². The second kappa shape index (κ2) is 5.99. The Balaban J connectivity index is 1.58. The summed E-state index contributed by atoms with van der Waals surface area (Å²) in [6.45, 7) is 3.51. The summed E-state index contributed by atoms with van der Waals surface area (Å²) in [5, 5.41) is 5.36.